The third-order valence-corrected chi connectivity index (χ3v) is 3.02. The smallest absolute Gasteiger partial charge is 0.263 e. The van der Waals surface area contributed by atoms with Gasteiger partial charge >= 0.3 is 0 Å². The Hall–Kier alpha value is -2.61. The summed E-state index contributed by atoms with van der Waals surface area (Å²) in [7, 11) is 1.51. The highest BCUT2D eigenvalue weighted by Crippen LogP contribution is 2.26. The van der Waals surface area contributed by atoms with Gasteiger partial charge in [-0.3, -0.25) is 0 Å². The van der Waals surface area contributed by atoms with Crippen LogP contribution in [0, 0.1) is 11.3 Å². The first-order valence-electron chi connectivity index (χ1n) is 6.33. The summed E-state index contributed by atoms with van der Waals surface area (Å²) in [6.07, 6.45) is -2.48. The van der Waals surface area contributed by atoms with Crippen molar-refractivity contribution in [1.29, 1.82) is 5.26 Å². The summed E-state index contributed by atoms with van der Waals surface area (Å²) in [5.41, 5.74) is 1.95. The first kappa shape index (κ1) is 14.8. The predicted octanol–water partition coefficient (Wildman–Crippen LogP) is 4.12. The van der Waals surface area contributed by atoms with E-state index in [1.165, 1.54) is 19.2 Å². The minimum absolute atomic E-state index is 0.00101. The van der Waals surface area contributed by atoms with E-state index in [1.807, 2.05) is 6.07 Å². The van der Waals surface area contributed by atoms with Gasteiger partial charge in [-0.05, 0) is 23.8 Å². The van der Waals surface area contributed by atoms with Crippen LogP contribution in [-0.2, 0) is 6.54 Å². The number of alkyl halides is 2. The molecule has 0 bridgehead atoms. The van der Waals surface area contributed by atoms with E-state index in [0.717, 1.165) is 5.56 Å². The number of rotatable bonds is 5. The van der Waals surface area contributed by atoms with E-state index in [-0.39, 0.29) is 5.56 Å². The Balaban J connectivity index is 2.13. The van der Waals surface area contributed by atoms with Crippen LogP contribution in [0.2, 0.25) is 0 Å². The molecule has 0 aliphatic heterocycles. The molecule has 0 spiro atoms. The first-order chi connectivity index (χ1) is 10.1. The molecule has 2 aromatic carbocycles. The highest BCUT2D eigenvalue weighted by atomic mass is 19.3. The topological polar surface area (TPSA) is 45.0 Å². The summed E-state index contributed by atoms with van der Waals surface area (Å²) in [6.45, 7) is 0.392. The predicted molar refractivity (Wildman–Crippen MR) is 76.4 cm³/mol. The van der Waals surface area contributed by atoms with Crippen molar-refractivity contribution in [3.05, 3.63) is 59.2 Å². The molecule has 0 amide bonds. The maximum absolute atomic E-state index is 12.6. The summed E-state index contributed by atoms with van der Waals surface area (Å²) in [6, 6.07) is 13.3. The van der Waals surface area contributed by atoms with Gasteiger partial charge in [0.2, 0.25) is 0 Å². The molecule has 0 fully saturated rings. The highest BCUT2D eigenvalue weighted by molar-refractivity contribution is 5.59. The molecule has 2 aromatic rings. The van der Waals surface area contributed by atoms with Gasteiger partial charge in [-0.15, -0.1) is 0 Å². The lowest BCUT2D eigenvalue weighted by atomic mass is 10.1. The van der Waals surface area contributed by atoms with Gasteiger partial charge in [0.05, 0.1) is 24.4 Å². The Bertz CT molecular complexity index is 666. The summed E-state index contributed by atoms with van der Waals surface area (Å²) < 4.78 is 30.5. The van der Waals surface area contributed by atoms with Gasteiger partial charge in [-0.2, -0.15) is 5.26 Å². The average Bonchev–Trinajstić information content (AvgIpc) is 2.53. The van der Waals surface area contributed by atoms with Crippen LogP contribution in [0.15, 0.2) is 42.5 Å². The van der Waals surface area contributed by atoms with Crippen molar-refractivity contribution in [3.8, 4) is 11.8 Å². The molecule has 0 unspecified atom stereocenters. The number of methoxy groups -OCH3 is 1. The lowest BCUT2D eigenvalue weighted by molar-refractivity contribution is 0.151. The second kappa shape index (κ2) is 6.71. The van der Waals surface area contributed by atoms with E-state index >= 15 is 0 Å². The zero-order valence-corrected chi connectivity index (χ0v) is 11.4. The van der Waals surface area contributed by atoms with Crippen LogP contribution in [0.4, 0.5) is 14.5 Å². The van der Waals surface area contributed by atoms with E-state index < -0.39 is 6.43 Å². The summed E-state index contributed by atoms with van der Waals surface area (Å²) in [5, 5.41) is 12.0. The molecule has 0 saturated heterocycles. The van der Waals surface area contributed by atoms with Gasteiger partial charge in [-0.25, -0.2) is 8.78 Å². The van der Waals surface area contributed by atoms with E-state index in [0.29, 0.717) is 23.5 Å². The third-order valence-electron chi connectivity index (χ3n) is 3.02. The van der Waals surface area contributed by atoms with Crippen LogP contribution in [0.25, 0.3) is 0 Å². The molecule has 108 valence electrons. The van der Waals surface area contributed by atoms with E-state index in [1.54, 1.807) is 30.3 Å². The largest absolute Gasteiger partial charge is 0.495 e. The van der Waals surface area contributed by atoms with Crippen LogP contribution in [0.1, 0.15) is 23.1 Å². The molecule has 0 saturated carbocycles. The SMILES string of the molecule is COc1cc(C#N)ccc1NCc1cccc(C(F)F)c1. The Labute approximate surface area is 121 Å². The average molecular weight is 288 g/mol. The molecular weight excluding hydrogens is 274 g/mol. The molecule has 3 nitrogen and oxygen atoms in total. The quantitative estimate of drug-likeness (QED) is 0.900. The maximum atomic E-state index is 12.6. The number of hydrogen-bond donors (Lipinski definition) is 1. The zero-order chi connectivity index (χ0) is 15.2. The van der Waals surface area contributed by atoms with Crippen molar-refractivity contribution in [1.82, 2.24) is 0 Å². The fourth-order valence-electron chi connectivity index (χ4n) is 1.94. The molecule has 0 radical (unpaired) electrons. The molecule has 21 heavy (non-hydrogen) atoms. The van der Waals surface area contributed by atoms with Crippen LogP contribution < -0.4 is 10.1 Å². The van der Waals surface area contributed by atoms with Gasteiger partial charge in [0.15, 0.2) is 0 Å². The van der Waals surface area contributed by atoms with Gasteiger partial charge < -0.3 is 10.1 Å². The monoisotopic (exact) mass is 288 g/mol. The molecule has 0 aliphatic carbocycles. The van der Waals surface area contributed by atoms with E-state index in [4.69, 9.17) is 10.00 Å². The Morgan fingerprint density at radius 3 is 2.71 bits per heavy atom. The van der Waals surface area contributed by atoms with E-state index in [2.05, 4.69) is 5.32 Å². The molecule has 0 aliphatic rings. The van der Waals surface area contributed by atoms with Crippen LogP contribution in [0.3, 0.4) is 0 Å². The number of nitrogens with zero attached hydrogens (tertiary/aromatic N) is 1. The van der Waals surface area contributed by atoms with Crippen molar-refractivity contribution in [3.63, 3.8) is 0 Å². The summed E-state index contributed by atoms with van der Waals surface area (Å²) in [5.74, 6) is 0.541. The normalized spacial score (nSPS) is 10.2. The Kier molecular flexibility index (Phi) is 4.72. The fraction of sp³-hybridized carbons (Fsp3) is 0.188. The minimum Gasteiger partial charge on any atom is -0.495 e. The summed E-state index contributed by atoms with van der Waals surface area (Å²) in [4.78, 5) is 0. The number of ether oxygens (including phenoxy) is 1. The molecular formula is C16H14F2N2O. The first-order valence-corrected chi connectivity index (χ1v) is 6.33. The number of nitrogens with one attached hydrogen (secondary N) is 1. The second-order valence-electron chi connectivity index (χ2n) is 4.43. The van der Waals surface area contributed by atoms with Crippen LogP contribution in [-0.4, -0.2) is 7.11 Å². The van der Waals surface area contributed by atoms with E-state index in [9.17, 15) is 8.78 Å². The van der Waals surface area contributed by atoms with Crippen LogP contribution >= 0.6 is 0 Å². The minimum atomic E-state index is -2.48. The van der Waals surface area contributed by atoms with Crippen molar-refractivity contribution in [2.45, 2.75) is 13.0 Å². The Morgan fingerprint density at radius 1 is 1.24 bits per heavy atom. The molecule has 0 heterocycles. The molecule has 1 N–H and O–H groups in total. The molecule has 0 atom stereocenters. The van der Waals surface area contributed by atoms with Crippen molar-refractivity contribution >= 4 is 5.69 Å². The maximum Gasteiger partial charge on any atom is 0.263 e. The molecule has 0 aromatic heterocycles. The third kappa shape index (κ3) is 3.69. The Morgan fingerprint density at radius 2 is 2.05 bits per heavy atom. The highest BCUT2D eigenvalue weighted by Gasteiger charge is 2.08. The van der Waals surface area contributed by atoms with Gasteiger partial charge in [-0.1, -0.05) is 18.2 Å². The zero-order valence-electron chi connectivity index (χ0n) is 11.4. The summed E-state index contributed by atoms with van der Waals surface area (Å²) >= 11 is 0. The number of halogens is 2. The lowest BCUT2D eigenvalue weighted by Crippen LogP contribution is -2.02. The second-order valence-corrected chi connectivity index (χ2v) is 4.43. The fourth-order valence-corrected chi connectivity index (χ4v) is 1.94. The molecule has 5 heteroatoms. The number of hydrogen-bond acceptors (Lipinski definition) is 3. The number of benzene rings is 2. The van der Waals surface area contributed by atoms with Crippen LogP contribution in [0.5, 0.6) is 5.75 Å². The van der Waals surface area contributed by atoms with Gasteiger partial charge in [0.25, 0.3) is 6.43 Å². The van der Waals surface area contributed by atoms with Gasteiger partial charge in [0, 0.05) is 18.2 Å². The van der Waals surface area contributed by atoms with Gasteiger partial charge in [0.1, 0.15) is 5.75 Å². The lowest BCUT2D eigenvalue weighted by Gasteiger charge is -2.12. The van der Waals surface area contributed by atoms with Crippen molar-refractivity contribution in [2.24, 2.45) is 0 Å². The number of anilines is 1. The molecule has 2 rings (SSSR count). The van der Waals surface area contributed by atoms with Crippen molar-refractivity contribution in [2.75, 3.05) is 12.4 Å². The van der Waals surface area contributed by atoms with Crippen molar-refractivity contribution < 1.29 is 13.5 Å². The standard InChI is InChI=1S/C16H14F2N2O/c1-21-15-8-11(9-19)5-6-14(15)20-10-12-3-2-4-13(7-12)16(17)18/h2-8,16,20H,10H2,1H3. The number of nitriles is 1.